The van der Waals surface area contributed by atoms with Gasteiger partial charge in [0.1, 0.15) is 10.9 Å². The zero-order valence-corrected chi connectivity index (χ0v) is 12.4. The quantitative estimate of drug-likeness (QED) is 0.858. The van der Waals surface area contributed by atoms with E-state index in [0.29, 0.717) is 0 Å². The van der Waals surface area contributed by atoms with Crippen molar-refractivity contribution in [3.63, 3.8) is 0 Å². The summed E-state index contributed by atoms with van der Waals surface area (Å²) in [5, 5.41) is 17.6. The Bertz CT molecular complexity index is 665. The third-order valence-corrected chi connectivity index (χ3v) is 4.49. The van der Waals surface area contributed by atoms with Crippen molar-refractivity contribution >= 4 is 27.6 Å². The maximum absolute atomic E-state index is 12.1. The van der Waals surface area contributed by atoms with Gasteiger partial charge in [-0.25, -0.2) is 8.42 Å². The molecule has 0 aromatic heterocycles. The van der Waals surface area contributed by atoms with Gasteiger partial charge in [-0.15, -0.1) is 0 Å². The summed E-state index contributed by atoms with van der Waals surface area (Å²) in [7, 11) is -4.08. The fourth-order valence-corrected chi connectivity index (χ4v) is 3.37. The highest BCUT2D eigenvalue weighted by Crippen LogP contribution is 2.23. The molecule has 1 aromatic rings. The fraction of sp³-hybridized carbons (Fsp3) is 0.333. The van der Waals surface area contributed by atoms with Gasteiger partial charge in [0.25, 0.3) is 0 Å². The van der Waals surface area contributed by atoms with Crippen LogP contribution in [0.15, 0.2) is 23.1 Å². The highest BCUT2D eigenvalue weighted by atomic mass is 35.5. The molecule has 0 aliphatic carbocycles. The van der Waals surface area contributed by atoms with Crippen LogP contribution in [-0.2, 0) is 14.8 Å². The third-order valence-electron chi connectivity index (χ3n) is 2.57. The molecule has 0 fully saturated rings. The highest BCUT2D eigenvalue weighted by Gasteiger charge is 2.29. The highest BCUT2D eigenvalue weighted by molar-refractivity contribution is 7.89. The Balaban J connectivity index is 3.18. The summed E-state index contributed by atoms with van der Waals surface area (Å²) in [6.45, 7) is 3.17. The molecule has 1 rings (SSSR count). The number of sulfonamides is 1. The number of nitrogens with one attached hydrogen (secondary N) is 1. The van der Waals surface area contributed by atoms with Crippen molar-refractivity contribution in [1.82, 2.24) is 4.72 Å². The predicted molar refractivity (Wildman–Crippen MR) is 72.8 cm³/mol. The van der Waals surface area contributed by atoms with Crippen molar-refractivity contribution < 1.29 is 18.3 Å². The summed E-state index contributed by atoms with van der Waals surface area (Å²) < 4.78 is 26.4. The number of carboxylic acids is 1. The second-order valence-electron chi connectivity index (χ2n) is 4.44. The van der Waals surface area contributed by atoms with Crippen LogP contribution in [0, 0.1) is 17.2 Å². The van der Waals surface area contributed by atoms with E-state index in [1.165, 1.54) is 18.2 Å². The third kappa shape index (κ3) is 3.70. The number of nitrogens with zero attached hydrogens (tertiary/aromatic N) is 1. The van der Waals surface area contributed by atoms with Gasteiger partial charge in [-0.1, -0.05) is 25.4 Å². The summed E-state index contributed by atoms with van der Waals surface area (Å²) >= 11 is 5.82. The molecule has 20 heavy (non-hydrogen) atoms. The van der Waals surface area contributed by atoms with Crippen LogP contribution >= 0.6 is 11.6 Å². The van der Waals surface area contributed by atoms with Gasteiger partial charge in [0.15, 0.2) is 0 Å². The summed E-state index contributed by atoms with van der Waals surface area (Å²) in [6.07, 6.45) is 0. The van der Waals surface area contributed by atoms with E-state index in [-0.39, 0.29) is 15.5 Å². The normalized spacial score (nSPS) is 12.9. The Hall–Kier alpha value is -1.62. The molecule has 0 aliphatic heterocycles. The van der Waals surface area contributed by atoms with Crippen LogP contribution in [0.5, 0.6) is 0 Å². The first-order valence-electron chi connectivity index (χ1n) is 5.64. The number of rotatable bonds is 5. The molecular weight excluding hydrogens is 304 g/mol. The lowest BCUT2D eigenvalue weighted by atomic mass is 10.1. The van der Waals surface area contributed by atoms with Crippen molar-refractivity contribution in [2.24, 2.45) is 5.92 Å². The Kier molecular flexibility index (Phi) is 5.11. The second kappa shape index (κ2) is 6.22. The molecule has 0 aliphatic rings. The van der Waals surface area contributed by atoms with Gasteiger partial charge in [0.2, 0.25) is 10.0 Å². The van der Waals surface area contributed by atoms with Crippen LogP contribution in [0.2, 0.25) is 5.02 Å². The predicted octanol–water partition coefficient (Wildman–Crippen LogP) is 1.60. The average molecular weight is 317 g/mol. The Morgan fingerprint density at radius 1 is 1.45 bits per heavy atom. The largest absolute Gasteiger partial charge is 0.480 e. The first-order valence-corrected chi connectivity index (χ1v) is 7.50. The average Bonchev–Trinajstić information content (AvgIpc) is 2.34. The number of benzene rings is 1. The minimum atomic E-state index is -4.08. The SMILES string of the molecule is CC(C)C(NS(=O)(=O)c1ccc(C#N)cc1Cl)C(=O)O. The molecule has 0 heterocycles. The molecule has 6 nitrogen and oxygen atoms in total. The molecule has 0 amide bonds. The van der Waals surface area contributed by atoms with Gasteiger partial charge in [0, 0.05) is 0 Å². The van der Waals surface area contributed by atoms with E-state index in [9.17, 15) is 13.2 Å². The van der Waals surface area contributed by atoms with Crippen LogP contribution in [0.3, 0.4) is 0 Å². The molecule has 8 heteroatoms. The Labute approximate surface area is 122 Å². The van der Waals surface area contributed by atoms with Crippen LogP contribution < -0.4 is 4.72 Å². The number of halogens is 1. The maximum Gasteiger partial charge on any atom is 0.322 e. The van der Waals surface area contributed by atoms with Crippen LogP contribution in [-0.4, -0.2) is 25.5 Å². The molecule has 108 valence electrons. The molecule has 1 unspecified atom stereocenters. The fourth-order valence-electron chi connectivity index (χ4n) is 1.49. The second-order valence-corrected chi connectivity index (χ2v) is 6.53. The lowest BCUT2D eigenvalue weighted by Crippen LogP contribution is -2.44. The van der Waals surface area contributed by atoms with Gasteiger partial charge in [-0.05, 0) is 24.1 Å². The van der Waals surface area contributed by atoms with Gasteiger partial charge in [0.05, 0.1) is 16.7 Å². The zero-order chi connectivity index (χ0) is 15.5. The summed E-state index contributed by atoms with van der Waals surface area (Å²) in [5.41, 5.74) is 0.215. The monoisotopic (exact) mass is 316 g/mol. The summed E-state index contributed by atoms with van der Waals surface area (Å²) in [5.74, 6) is -1.70. The lowest BCUT2D eigenvalue weighted by molar-refractivity contribution is -0.140. The maximum atomic E-state index is 12.1. The molecule has 1 aromatic carbocycles. The van der Waals surface area contributed by atoms with Crippen molar-refractivity contribution in [2.45, 2.75) is 24.8 Å². The van der Waals surface area contributed by atoms with Crippen LogP contribution in [0.1, 0.15) is 19.4 Å². The van der Waals surface area contributed by atoms with E-state index in [1.807, 2.05) is 6.07 Å². The molecule has 0 spiro atoms. The first kappa shape index (κ1) is 16.4. The number of aliphatic carboxylic acids is 1. The van der Waals surface area contributed by atoms with Gasteiger partial charge < -0.3 is 5.11 Å². The van der Waals surface area contributed by atoms with E-state index in [4.69, 9.17) is 22.0 Å². The topological polar surface area (TPSA) is 107 Å². The van der Waals surface area contributed by atoms with Crippen molar-refractivity contribution in [3.8, 4) is 6.07 Å². The number of carboxylic acid groups (broad SMARTS) is 1. The van der Waals surface area contributed by atoms with Gasteiger partial charge in [-0.3, -0.25) is 4.79 Å². The molecule has 2 N–H and O–H groups in total. The first-order chi connectivity index (χ1) is 9.19. The number of hydrogen-bond donors (Lipinski definition) is 2. The Morgan fingerprint density at radius 3 is 2.45 bits per heavy atom. The lowest BCUT2D eigenvalue weighted by Gasteiger charge is -2.18. The van der Waals surface area contributed by atoms with Crippen molar-refractivity contribution in [1.29, 1.82) is 5.26 Å². The van der Waals surface area contributed by atoms with Gasteiger partial charge >= 0.3 is 5.97 Å². The van der Waals surface area contributed by atoms with E-state index in [0.717, 1.165) is 0 Å². The molecular formula is C12H13ClN2O4S. The van der Waals surface area contributed by atoms with E-state index in [1.54, 1.807) is 13.8 Å². The number of carbonyl (C=O) groups is 1. The zero-order valence-electron chi connectivity index (χ0n) is 10.8. The smallest absolute Gasteiger partial charge is 0.322 e. The van der Waals surface area contributed by atoms with E-state index >= 15 is 0 Å². The molecule has 0 bridgehead atoms. The summed E-state index contributed by atoms with van der Waals surface area (Å²) in [4.78, 5) is 10.8. The van der Waals surface area contributed by atoms with Crippen LogP contribution in [0.4, 0.5) is 0 Å². The van der Waals surface area contributed by atoms with Crippen LogP contribution in [0.25, 0.3) is 0 Å². The van der Waals surface area contributed by atoms with E-state index < -0.39 is 28.0 Å². The standard InChI is InChI=1S/C12H13ClN2O4S/c1-7(2)11(12(16)17)15-20(18,19)10-4-3-8(6-14)5-9(10)13/h3-5,7,11,15H,1-2H3,(H,16,17). The summed E-state index contributed by atoms with van der Waals surface area (Å²) in [6, 6.07) is 4.25. The van der Waals surface area contributed by atoms with Crippen molar-refractivity contribution in [2.75, 3.05) is 0 Å². The van der Waals surface area contributed by atoms with E-state index in [2.05, 4.69) is 4.72 Å². The minimum absolute atomic E-state index is 0.135. The van der Waals surface area contributed by atoms with Crippen molar-refractivity contribution in [3.05, 3.63) is 28.8 Å². The minimum Gasteiger partial charge on any atom is -0.480 e. The number of nitriles is 1. The Morgan fingerprint density at radius 2 is 2.05 bits per heavy atom. The number of hydrogen-bond acceptors (Lipinski definition) is 4. The van der Waals surface area contributed by atoms with Gasteiger partial charge in [-0.2, -0.15) is 9.98 Å². The molecule has 0 radical (unpaired) electrons. The molecule has 1 atom stereocenters. The molecule has 0 saturated heterocycles. The molecule has 0 saturated carbocycles.